The maximum Gasteiger partial charge on any atom is 0.308 e. The minimum atomic E-state index is -0.374. The van der Waals surface area contributed by atoms with Crippen LogP contribution < -0.4 is 9.47 Å². The van der Waals surface area contributed by atoms with E-state index < -0.39 is 0 Å². The third-order valence-corrected chi connectivity index (χ3v) is 5.11. The molecule has 4 aromatic carbocycles. The Bertz CT molecular complexity index is 1190. The first-order valence-electron chi connectivity index (χ1n) is 10.8. The fourth-order valence-electron chi connectivity index (χ4n) is 3.67. The van der Waals surface area contributed by atoms with Crippen LogP contribution in [0.2, 0.25) is 0 Å². The number of carbonyl (C=O) groups excluding carboxylic acids is 1. The lowest BCUT2D eigenvalue weighted by Crippen LogP contribution is -2.10. The van der Waals surface area contributed by atoms with Crippen molar-refractivity contribution < 1.29 is 14.3 Å². The number of ether oxygens (including phenoxy) is 2. The third-order valence-electron chi connectivity index (χ3n) is 5.11. The molecule has 0 heterocycles. The molecule has 0 aliphatic heterocycles. The first-order chi connectivity index (χ1) is 15.5. The summed E-state index contributed by atoms with van der Waals surface area (Å²) in [6, 6.07) is 32.8. The Balaban J connectivity index is 1.63. The van der Waals surface area contributed by atoms with Crippen molar-refractivity contribution in [2.24, 2.45) is 0 Å². The number of esters is 1. The third kappa shape index (κ3) is 4.89. The maximum absolute atomic E-state index is 11.7. The Kier molecular flexibility index (Phi) is 6.37. The molecule has 0 fully saturated rings. The van der Waals surface area contributed by atoms with Crippen LogP contribution in [-0.4, -0.2) is 12.1 Å². The van der Waals surface area contributed by atoms with Gasteiger partial charge in [-0.05, 0) is 47.7 Å². The molecule has 4 aromatic rings. The van der Waals surface area contributed by atoms with Gasteiger partial charge in [-0.2, -0.15) is 0 Å². The predicted molar refractivity (Wildman–Crippen MR) is 130 cm³/mol. The van der Waals surface area contributed by atoms with E-state index in [9.17, 15) is 4.79 Å². The highest BCUT2D eigenvalue weighted by atomic mass is 16.6. The molecule has 0 atom stereocenters. The van der Waals surface area contributed by atoms with Crippen LogP contribution >= 0.6 is 0 Å². The smallest absolute Gasteiger partial charge is 0.308 e. The molecule has 0 bridgehead atoms. The topological polar surface area (TPSA) is 35.5 Å². The van der Waals surface area contributed by atoms with Crippen molar-refractivity contribution in [1.29, 1.82) is 0 Å². The number of para-hydroxylation sites is 1. The second-order valence-electron chi connectivity index (χ2n) is 7.91. The van der Waals surface area contributed by atoms with Crippen molar-refractivity contribution in [2.75, 3.05) is 0 Å². The highest BCUT2D eigenvalue weighted by molar-refractivity contribution is 5.81. The lowest BCUT2D eigenvalue weighted by atomic mass is 9.97. The van der Waals surface area contributed by atoms with Crippen LogP contribution in [0.3, 0.4) is 0 Å². The van der Waals surface area contributed by atoms with Crippen molar-refractivity contribution in [3.05, 3.63) is 97.1 Å². The Morgan fingerprint density at radius 1 is 0.625 bits per heavy atom. The molecule has 4 rings (SSSR count). The monoisotopic (exact) mass is 422 g/mol. The second kappa shape index (κ2) is 9.52. The van der Waals surface area contributed by atoms with Gasteiger partial charge in [-0.25, -0.2) is 0 Å². The fourth-order valence-corrected chi connectivity index (χ4v) is 3.67. The Hall–Kier alpha value is -3.85. The zero-order valence-corrected chi connectivity index (χ0v) is 18.5. The van der Waals surface area contributed by atoms with E-state index in [-0.39, 0.29) is 12.1 Å². The predicted octanol–water partition coefficient (Wildman–Crippen LogP) is 7.40. The van der Waals surface area contributed by atoms with Gasteiger partial charge in [0.1, 0.15) is 0 Å². The van der Waals surface area contributed by atoms with Gasteiger partial charge < -0.3 is 9.47 Å². The normalized spacial score (nSPS) is 10.8. The molecule has 0 N–H and O–H groups in total. The first-order valence-corrected chi connectivity index (χ1v) is 10.8. The van der Waals surface area contributed by atoms with Crippen LogP contribution in [-0.2, 0) is 4.79 Å². The molecule has 0 saturated heterocycles. The van der Waals surface area contributed by atoms with E-state index in [1.807, 2.05) is 62.4 Å². The lowest BCUT2D eigenvalue weighted by Gasteiger charge is -2.17. The summed E-state index contributed by atoms with van der Waals surface area (Å²) >= 11 is 0. The number of rotatable bonds is 6. The van der Waals surface area contributed by atoms with E-state index in [4.69, 9.17) is 9.47 Å². The van der Waals surface area contributed by atoms with E-state index in [0.29, 0.717) is 11.5 Å². The first kappa shape index (κ1) is 21.4. The largest absolute Gasteiger partial charge is 0.487 e. The van der Waals surface area contributed by atoms with E-state index >= 15 is 0 Å². The molecule has 0 spiro atoms. The summed E-state index contributed by atoms with van der Waals surface area (Å²) in [5.41, 5.74) is 6.45. The van der Waals surface area contributed by atoms with Gasteiger partial charge in [-0.15, -0.1) is 0 Å². The van der Waals surface area contributed by atoms with E-state index in [0.717, 1.165) is 22.3 Å². The zero-order chi connectivity index (χ0) is 22.5. The van der Waals surface area contributed by atoms with Gasteiger partial charge in [0.15, 0.2) is 11.5 Å². The number of hydrogen-bond donors (Lipinski definition) is 0. The maximum atomic E-state index is 11.7. The molecule has 0 unspecified atom stereocenters. The van der Waals surface area contributed by atoms with Crippen LogP contribution in [0.25, 0.3) is 33.4 Å². The molecule has 0 amide bonds. The number of hydrogen-bond acceptors (Lipinski definition) is 3. The van der Waals surface area contributed by atoms with Crippen molar-refractivity contribution >= 4 is 5.97 Å². The Morgan fingerprint density at radius 2 is 1.12 bits per heavy atom. The molecule has 3 heteroatoms. The van der Waals surface area contributed by atoms with Gasteiger partial charge in [0.2, 0.25) is 0 Å². The molecule has 0 aromatic heterocycles. The molecule has 32 heavy (non-hydrogen) atoms. The lowest BCUT2D eigenvalue weighted by molar-refractivity contribution is -0.132. The van der Waals surface area contributed by atoms with Crippen molar-refractivity contribution in [1.82, 2.24) is 0 Å². The molecular weight excluding hydrogens is 396 g/mol. The fraction of sp³-hybridized carbons (Fsp3) is 0.138. The summed E-state index contributed by atoms with van der Waals surface area (Å²) in [6.07, 6.45) is -0.0270. The quantitative estimate of drug-likeness (QED) is 0.240. The summed E-state index contributed by atoms with van der Waals surface area (Å²) in [4.78, 5) is 11.7. The summed E-state index contributed by atoms with van der Waals surface area (Å²) in [7, 11) is 0. The highest BCUT2D eigenvalue weighted by Crippen LogP contribution is 2.39. The van der Waals surface area contributed by atoms with E-state index in [1.54, 1.807) is 0 Å². The van der Waals surface area contributed by atoms with Gasteiger partial charge >= 0.3 is 5.97 Å². The summed E-state index contributed by atoms with van der Waals surface area (Å²) in [5, 5.41) is 0. The SMILES string of the molecule is CC(=O)Oc1c(OC(C)C)cccc1-c1ccc(-c2ccc(-c3ccccc3)cc2)cc1. The highest BCUT2D eigenvalue weighted by Gasteiger charge is 2.16. The standard InChI is InChI=1S/C29H26O3/c1-20(2)31-28-11-7-10-27(29(28)32-21(3)30)26-18-16-25(17-19-26)24-14-12-23(13-15-24)22-8-5-4-6-9-22/h4-20H,1-3H3. The molecule has 0 aliphatic carbocycles. The summed E-state index contributed by atoms with van der Waals surface area (Å²) in [5.74, 6) is 0.642. The van der Waals surface area contributed by atoms with Crippen molar-refractivity contribution in [2.45, 2.75) is 26.9 Å². The summed E-state index contributed by atoms with van der Waals surface area (Å²) in [6.45, 7) is 5.29. The van der Waals surface area contributed by atoms with Crippen molar-refractivity contribution in [3.63, 3.8) is 0 Å². The van der Waals surface area contributed by atoms with E-state index in [1.165, 1.54) is 18.1 Å². The Morgan fingerprint density at radius 3 is 1.62 bits per heavy atom. The van der Waals surface area contributed by atoms with Gasteiger partial charge in [-0.3, -0.25) is 4.79 Å². The van der Waals surface area contributed by atoms with Gasteiger partial charge in [0, 0.05) is 12.5 Å². The van der Waals surface area contributed by atoms with Crippen LogP contribution in [0.15, 0.2) is 97.1 Å². The summed E-state index contributed by atoms with van der Waals surface area (Å²) < 4.78 is 11.4. The molecule has 0 saturated carbocycles. The minimum absolute atomic E-state index is 0.0270. The average molecular weight is 423 g/mol. The zero-order valence-electron chi connectivity index (χ0n) is 18.5. The average Bonchev–Trinajstić information content (AvgIpc) is 2.80. The second-order valence-corrected chi connectivity index (χ2v) is 7.91. The van der Waals surface area contributed by atoms with Gasteiger partial charge in [-0.1, -0.05) is 91.0 Å². The molecule has 160 valence electrons. The molecule has 0 aliphatic rings. The molecule has 3 nitrogen and oxygen atoms in total. The Labute approximate surface area is 189 Å². The van der Waals surface area contributed by atoms with Gasteiger partial charge in [0.25, 0.3) is 0 Å². The molecular formula is C29H26O3. The van der Waals surface area contributed by atoms with Crippen LogP contribution in [0.1, 0.15) is 20.8 Å². The van der Waals surface area contributed by atoms with Crippen molar-refractivity contribution in [3.8, 4) is 44.9 Å². The number of carbonyl (C=O) groups is 1. The molecule has 0 radical (unpaired) electrons. The van der Waals surface area contributed by atoms with Gasteiger partial charge in [0.05, 0.1) is 6.10 Å². The van der Waals surface area contributed by atoms with Crippen LogP contribution in [0.5, 0.6) is 11.5 Å². The minimum Gasteiger partial charge on any atom is -0.487 e. The number of benzene rings is 4. The van der Waals surface area contributed by atoms with Crippen LogP contribution in [0.4, 0.5) is 0 Å². The van der Waals surface area contributed by atoms with E-state index in [2.05, 4.69) is 48.5 Å². The van der Waals surface area contributed by atoms with Crippen LogP contribution in [0, 0.1) is 0 Å².